The number of rotatable bonds is 3. The van der Waals surface area contributed by atoms with Gasteiger partial charge in [0.2, 0.25) is 0 Å². The predicted molar refractivity (Wildman–Crippen MR) is 60.9 cm³/mol. The van der Waals surface area contributed by atoms with Gasteiger partial charge in [-0.1, -0.05) is 0 Å². The van der Waals surface area contributed by atoms with Gasteiger partial charge in [-0.3, -0.25) is 4.98 Å². The Labute approximate surface area is 94.6 Å². The molecule has 16 heavy (non-hydrogen) atoms. The molecule has 1 aromatic rings. The molecule has 0 spiro atoms. The molecule has 0 aliphatic carbocycles. The number of aromatic nitrogens is 1. The van der Waals surface area contributed by atoms with E-state index in [1.807, 2.05) is 12.1 Å². The van der Waals surface area contributed by atoms with Crippen LogP contribution in [0.15, 0.2) is 24.5 Å². The minimum Gasteiger partial charge on any atom is -0.334 e. The molecule has 0 saturated carbocycles. The fraction of sp³-hybridized carbons (Fsp3) is 0.455. The number of pyridine rings is 1. The monoisotopic (exact) mass is 220 g/mol. The summed E-state index contributed by atoms with van der Waals surface area (Å²) in [4.78, 5) is 15.4. The summed E-state index contributed by atoms with van der Waals surface area (Å²) in [6.07, 6.45) is 4.44. The number of amides is 2. The van der Waals surface area contributed by atoms with Crippen LogP contribution in [0.25, 0.3) is 0 Å². The molecule has 1 unspecified atom stereocenters. The van der Waals surface area contributed by atoms with Crippen LogP contribution in [0.2, 0.25) is 0 Å². The Morgan fingerprint density at radius 1 is 1.50 bits per heavy atom. The molecule has 0 aromatic carbocycles. The fourth-order valence-corrected chi connectivity index (χ4v) is 1.70. The van der Waals surface area contributed by atoms with Crippen LogP contribution in [0.1, 0.15) is 12.0 Å². The van der Waals surface area contributed by atoms with Crippen molar-refractivity contribution in [2.24, 2.45) is 0 Å². The molecule has 1 atom stereocenters. The Hall–Kier alpha value is -1.62. The lowest BCUT2D eigenvalue weighted by Gasteiger charge is -2.12. The second-order valence-corrected chi connectivity index (χ2v) is 3.87. The minimum atomic E-state index is -0.106. The average molecular weight is 220 g/mol. The Kier molecular flexibility index (Phi) is 3.71. The van der Waals surface area contributed by atoms with Crippen LogP contribution in [0.4, 0.5) is 4.79 Å². The third-order valence-electron chi connectivity index (χ3n) is 2.60. The van der Waals surface area contributed by atoms with Crippen molar-refractivity contribution < 1.29 is 4.79 Å². The molecular weight excluding hydrogens is 204 g/mol. The molecule has 1 saturated heterocycles. The van der Waals surface area contributed by atoms with Crippen LogP contribution < -0.4 is 16.0 Å². The summed E-state index contributed by atoms with van der Waals surface area (Å²) in [5.74, 6) is 0. The van der Waals surface area contributed by atoms with Gasteiger partial charge >= 0.3 is 6.03 Å². The van der Waals surface area contributed by atoms with E-state index < -0.39 is 0 Å². The molecule has 2 heterocycles. The lowest BCUT2D eigenvalue weighted by atomic mass is 10.2. The van der Waals surface area contributed by atoms with Gasteiger partial charge in [0.25, 0.3) is 0 Å². The third kappa shape index (κ3) is 3.20. The number of nitrogens with one attached hydrogen (secondary N) is 3. The Bertz CT molecular complexity index is 335. The van der Waals surface area contributed by atoms with Gasteiger partial charge in [0.15, 0.2) is 0 Å². The Morgan fingerprint density at radius 3 is 3.00 bits per heavy atom. The van der Waals surface area contributed by atoms with E-state index in [1.54, 1.807) is 12.4 Å². The van der Waals surface area contributed by atoms with Crippen molar-refractivity contribution in [3.8, 4) is 0 Å². The number of nitrogens with zero attached hydrogens (tertiary/aromatic N) is 1. The highest BCUT2D eigenvalue weighted by molar-refractivity contribution is 5.74. The molecule has 1 aliphatic heterocycles. The van der Waals surface area contributed by atoms with Gasteiger partial charge in [-0.25, -0.2) is 4.79 Å². The molecule has 2 rings (SSSR count). The summed E-state index contributed by atoms with van der Waals surface area (Å²) in [5.41, 5.74) is 1.05. The highest BCUT2D eigenvalue weighted by Gasteiger charge is 2.15. The summed E-state index contributed by atoms with van der Waals surface area (Å²) in [6.45, 7) is 2.38. The zero-order valence-electron chi connectivity index (χ0n) is 9.07. The zero-order chi connectivity index (χ0) is 11.2. The molecule has 1 fully saturated rings. The lowest BCUT2D eigenvalue weighted by molar-refractivity contribution is 0.237. The third-order valence-corrected chi connectivity index (χ3v) is 2.60. The van der Waals surface area contributed by atoms with E-state index in [4.69, 9.17) is 0 Å². The molecule has 0 radical (unpaired) electrons. The van der Waals surface area contributed by atoms with E-state index in [1.165, 1.54) is 0 Å². The minimum absolute atomic E-state index is 0.106. The van der Waals surface area contributed by atoms with Gasteiger partial charge in [-0.05, 0) is 30.7 Å². The first-order valence-electron chi connectivity index (χ1n) is 5.48. The van der Waals surface area contributed by atoms with E-state index in [0.717, 1.165) is 25.1 Å². The molecule has 86 valence electrons. The molecule has 5 nitrogen and oxygen atoms in total. The summed E-state index contributed by atoms with van der Waals surface area (Å²) >= 11 is 0. The van der Waals surface area contributed by atoms with Crippen LogP contribution in [0.5, 0.6) is 0 Å². The van der Waals surface area contributed by atoms with Gasteiger partial charge in [0.1, 0.15) is 0 Å². The number of carbonyl (C=O) groups is 1. The van der Waals surface area contributed by atoms with Crippen molar-refractivity contribution >= 4 is 6.03 Å². The van der Waals surface area contributed by atoms with Crippen molar-refractivity contribution in [1.82, 2.24) is 20.9 Å². The van der Waals surface area contributed by atoms with Gasteiger partial charge in [0, 0.05) is 31.5 Å². The van der Waals surface area contributed by atoms with Gasteiger partial charge in [0.05, 0.1) is 0 Å². The normalized spacial score (nSPS) is 19.4. The van der Waals surface area contributed by atoms with Crippen LogP contribution in [-0.4, -0.2) is 30.1 Å². The fourth-order valence-electron chi connectivity index (χ4n) is 1.70. The van der Waals surface area contributed by atoms with Crippen LogP contribution in [0, 0.1) is 0 Å². The predicted octanol–water partition coefficient (Wildman–Crippen LogP) is 0.243. The van der Waals surface area contributed by atoms with Crippen molar-refractivity contribution in [2.75, 3.05) is 13.1 Å². The number of hydrogen-bond acceptors (Lipinski definition) is 3. The first-order valence-corrected chi connectivity index (χ1v) is 5.48. The molecular formula is C11H16N4O. The maximum atomic E-state index is 11.5. The summed E-state index contributed by atoms with van der Waals surface area (Å²) in [7, 11) is 0. The second kappa shape index (κ2) is 5.46. The van der Waals surface area contributed by atoms with E-state index in [-0.39, 0.29) is 12.1 Å². The lowest BCUT2D eigenvalue weighted by Crippen LogP contribution is -2.42. The van der Waals surface area contributed by atoms with Gasteiger partial charge < -0.3 is 16.0 Å². The number of hydrogen-bond donors (Lipinski definition) is 3. The van der Waals surface area contributed by atoms with E-state index in [2.05, 4.69) is 20.9 Å². The summed E-state index contributed by atoms with van der Waals surface area (Å²) < 4.78 is 0. The topological polar surface area (TPSA) is 66.0 Å². The summed E-state index contributed by atoms with van der Waals surface area (Å²) in [5, 5.41) is 8.94. The number of carbonyl (C=O) groups excluding carboxylic acids is 1. The molecule has 3 N–H and O–H groups in total. The van der Waals surface area contributed by atoms with Gasteiger partial charge in [-0.15, -0.1) is 0 Å². The Morgan fingerprint density at radius 2 is 2.31 bits per heavy atom. The summed E-state index contributed by atoms with van der Waals surface area (Å²) in [6, 6.07) is 3.93. The number of urea groups is 1. The molecule has 0 bridgehead atoms. The highest BCUT2D eigenvalue weighted by Crippen LogP contribution is 1.97. The standard InChI is InChI=1S/C11H16N4O/c16-11(15-10-3-6-13-8-10)14-7-9-1-4-12-5-2-9/h1-2,4-5,10,13H,3,6-8H2,(H2,14,15,16). The van der Waals surface area contributed by atoms with Crippen molar-refractivity contribution in [3.63, 3.8) is 0 Å². The molecule has 2 amide bonds. The first kappa shape index (κ1) is 10.9. The SMILES string of the molecule is O=C(NCc1ccncc1)NC1CCNC1. The van der Waals surface area contributed by atoms with Crippen molar-refractivity contribution in [1.29, 1.82) is 0 Å². The van der Waals surface area contributed by atoms with E-state index >= 15 is 0 Å². The Balaban J connectivity index is 1.71. The first-order chi connectivity index (χ1) is 7.84. The smallest absolute Gasteiger partial charge is 0.315 e. The largest absolute Gasteiger partial charge is 0.334 e. The quantitative estimate of drug-likeness (QED) is 0.683. The molecule has 1 aliphatic rings. The maximum Gasteiger partial charge on any atom is 0.315 e. The van der Waals surface area contributed by atoms with Crippen molar-refractivity contribution in [3.05, 3.63) is 30.1 Å². The average Bonchev–Trinajstić information content (AvgIpc) is 2.81. The molecule has 5 heteroatoms. The zero-order valence-corrected chi connectivity index (χ0v) is 9.07. The van der Waals surface area contributed by atoms with Crippen LogP contribution in [-0.2, 0) is 6.54 Å². The van der Waals surface area contributed by atoms with Gasteiger partial charge in [-0.2, -0.15) is 0 Å². The van der Waals surface area contributed by atoms with Crippen LogP contribution >= 0.6 is 0 Å². The van der Waals surface area contributed by atoms with E-state index in [9.17, 15) is 4.79 Å². The van der Waals surface area contributed by atoms with Crippen LogP contribution in [0.3, 0.4) is 0 Å². The van der Waals surface area contributed by atoms with Crippen molar-refractivity contribution in [2.45, 2.75) is 19.0 Å². The van der Waals surface area contributed by atoms with E-state index in [0.29, 0.717) is 6.54 Å². The maximum absolute atomic E-state index is 11.5. The second-order valence-electron chi connectivity index (χ2n) is 3.87. The highest BCUT2D eigenvalue weighted by atomic mass is 16.2. The molecule has 1 aromatic heterocycles.